The third kappa shape index (κ3) is 6.11. The Morgan fingerprint density at radius 2 is 1.97 bits per heavy atom. The highest BCUT2D eigenvalue weighted by molar-refractivity contribution is 7.89. The number of fused-ring (bicyclic) bond motifs is 1. The maximum atomic E-state index is 13.0. The number of nitrogens with zero attached hydrogens (tertiary/aromatic N) is 2. The van der Waals surface area contributed by atoms with E-state index in [1.807, 2.05) is 24.1 Å². The fourth-order valence-corrected chi connectivity index (χ4v) is 6.27. The lowest BCUT2D eigenvalue weighted by molar-refractivity contribution is -0.134. The normalized spacial score (nSPS) is 25.8. The van der Waals surface area contributed by atoms with Crippen LogP contribution in [0.1, 0.15) is 57.4 Å². The molecule has 2 fully saturated rings. The van der Waals surface area contributed by atoms with E-state index in [0.29, 0.717) is 50.9 Å². The molecule has 2 N–H and O–H groups in total. The van der Waals surface area contributed by atoms with Crippen LogP contribution in [0.5, 0.6) is 5.75 Å². The first-order valence-corrected chi connectivity index (χ1v) is 14.0. The van der Waals surface area contributed by atoms with Crippen molar-refractivity contribution in [3.8, 4) is 5.75 Å². The van der Waals surface area contributed by atoms with Crippen LogP contribution in [0.15, 0.2) is 23.1 Å². The molecule has 0 radical (unpaired) electrons. The van der Waals surface area contributed by atoms with Gasteiger partial charge in [-0.3, -0.25) is 4.79 Å². The fraction of sp³-hybridized carbons (Fsp3) is 0.720. The Morgan fingerprint density at radius 1 is 1.26 bits per heavy atom. The highest BCUT2D eigenvalue weighted by atomic mass is 32.2. The van der Waals surface area contributed by atoms with E-state index in [1.165, 1.54) is 12.8 Å². The molecule has 1 saturated heterocycles. The minimum atomic E-state index is -3.84. The quantitative estimate of drug-likeness (QED) is 0.670. The number of aliphatic hydroxyl groups is 1. The Kier molecular flexibility index (Phi) is 7.57. The number of piperidine rings is 1. The van der Waals surface area contributed by atoms with Gasteiger partial charge in [-0.15, -0.1) is 0 Å². The van der Waals surface area contributed by atoms with Crippen molar-refractivity contribution in [2.75, 3.05) is 46.4 Å². The number of amides is 1. The van der Waals surface area contributed by atoms with Gasteiger partial charge in [0.05, 0.1) is 12.7 Å². The number of aliphatic hydroxyl groups excluding tert-OH is 1. The van der Waals surface area contributed by atoms with Gasteiger partial charge in [0.25, 0.3) is 0 Å². The van der Waals surface area contributed by atoms with E-state index in [1.54, 1.807) is 6.07 Å². The summed E-state index contributed by atoms with van der Waals surface area (Å²) >= 11 is 0. The van der Waals surface area contributed by atoms with Gasteiger partial charge in [-0.25, -0.2) is 13.1 Å². The van der Waals surface area contributed by atoms with Gasteiger partial charge < -0.3 is 19.6 Å². The van der Waals surface area contributed by atoms with Gasteiger partial charge >= 0.3 is 0 Å². The van der Waals surface area contributed by atoms with Crippen molar-refractivity contribution in [3.63, 3.8) is 0 Å². The number of nitrogens with one attached hydrogen (secondary N) is 1. The van der Waals surface area contributed by atoms with Crippen molar-refractivity contribution >= 4 is 15.9 Å². The topological polar surface area (TPSA) is 99.2 Å². The number of ether oxygens (including phenoxy) is 1. The van der Waals surface area contributed by atoms with E-state index in [0.717, 1.165) is 18.4 Å². The molecule has 8 nitrogen and oxygen atoms in total. The Morgan fingerprint density at radius 3 is 2.62 bits per heavy atom. The lowest BCUT2D eigenvalue weighted by Crippen LogP contribution is -2.51. The summed E-state index contributed by atoms with van der Waals surface area (Å²) in [6, 6.07) is 5.25. The number of likely N-dealkylation sites (tertiary alicyclic amines) is 1. The number of β-amino-alcohol motifs (C(OH)–C–C–N with tert-alkyl or cyclic N) is 1. The Hall–Kier alpha value is -1.68. The molecule has 1 aromatic rings. The lowest BCUT2D eigenvalue weighted by atomic mass is 9.78. The molecule has 0 bridgehead atoms. The van der Waals surface area contributed by atoms with Crippen LogP contribution in [0.2, 0.25) is 0 Å². The molecule has 1 atom stereocenters. The number of carbonyl (C=O) groups excluding carboxylic acids is 1. The number of hydrogen-bond acceptors (Lipinski definition) is 6. The van der Waals surface area contributed by atoms with Crippen molar-refractivity contribution in [3.05, 3.63) is 23.8 Å². The lowest BCUT2D eigenvalue weighted by Gasteiger charge is -2.44. The third-order valence-corrected chi connectivity index (χ3v) is 8.89. The molecule has 1 aromatic carbocycles. The van der Waals surface area contributed by atoms with Crippen molar-refractivity contribution in [2.24, 2.45) is 11.3 Å². The Labute approximate surface area is 203 Å². The number of rotatable bonds is 3. The number of likely N-dealkylation sites (N-methyl/N-ethyl adjacent to an activating group) is 1. The fourth-order valence-electron chi connectivity index (χ4n) is 5.07. The Bertz CT molecular complexity index is 984. The number of carbonyl (C=O) groups is 1. The smallest absolute Gasteiger partial charge is 0.244 e. The molecule has 34 heavy (non-hydrogen) atoms. The minimum Gasteiger partial charge on any atom is -0.492 e. The molecule has 1 saturated carbocycles. The van der Waals surface area contributed by atoms with E-state index in [4.69, 9.17) is 4.74 Å². The highest BCUT2D eigenvalue weighted by Gasteiger charge is 2.39. The summed E-state index contributed by atoms with van der Waals surface area (Å²) < 4.78 is 34.9. The molecule has 9 heteroatoms. The van der Waals surface area contributed by atoms with Crippen molar-refractivity contribution < 1.29 is 23.1 Å². The van der Waals surface area contributed by atoms with Crippen LogP contribution in [0.25, 0.3) is 0 Å². The van der Waals surface area contributed by atoms with Crippen molar-refractivity contribution in [2.45, 2.75) is 62.9 Å². The van der Waals surface area contributed by atoms with Gasteiger partial charge in [0.1, 0.15) is 10.6 Å². The van der Waals surface area contributed by atoms with Crippen LogP contribution in [-0.2, 0) is 14.8 Å². The maximum absolute atomic E-state index is 13.0. The molecular formula is C25H39N3O5S. The first-order chi connectivity index (χ1) is 16.1. The zero-order valence-corrected chi connectivity index (χ0v) is 21.4. The van der Waals surface area contributed by atoms with Gasteiger partial charge in [0.2, 0.25) is 15.9 Å². The number of hydrogen-bond donors (Lipinski definition) is 2. The third-order valence-electron chi connectivity index (χ3n) is 7.43. The summed E-state index contributed by atoms with van der Waals surface area (Å²) in [6.07, 6.45) is 3.74. The van der Waals surface area contributed by atoms with Crippen LogP contribution in [0, 0.1) is 11.3 Å². The molecule has 3 aliphatic rings. The van der Waals surface area contributed by atoms with Gasteiger partial charge in [-0.2, -0.15) is 0 Å². The molecule has 190 valence electrons. The molecule has 1 aliphatic carbocycles. The molecule has 1 unspecified atom stereocenters. The highest BCUT2D eigenvalue weighted by Crippen LogP contribution is 2.38. The van der Waals surface area contributed by atoms with Crippen LogP contribution in [0.4, 0.5) is 0 Å². The van der Waals surface area contributed by atoms with E-state index in [9.17, 15) is 18.3 Å². The summed E-state index contributed by atoms with van der Waals surface area (Å²) in [6.45, 7) is 6.86. The maximum Gasteiger partial charge on any atom is 0.244 e. The van der Waals surface area contributed by atoms with Crippen molar-refractivity contribution in [1.29, 1.82) is 0 Å². The summed E-state index contributed by atoms with van der Waals surface area (Å²) in [4.78, 5) is 16.8. The second-order valence-electron chi connectivity index (χ2n) is 10.9. The van der Waals surface area contributed by atoms with Crippen LogP contribution < -0.4 is 9.46 Å². The van der Waals surface area contributed by atoms with Crippen LogP contribution in [0.3, 0.4) is 0 Å². The van der Waals surface area contributed by atoms with Gasteiger partial charge in [-0.05, 0) is 62.3 Å². The average Bonchev–Trinajstić information content (AvgIpc) is 3.60. The molecule has 2 aliphatic heterocycles. The van der Waals surface area contributed by atoms with E-state index >= 15 is 0 Å². The van der Waals surface area contributed by atoms with Gasteiger partial charge in [-0.1, -0.05) is 19.9 Å². The predicted octanol–water partition coefficient (Wildman–Crippen LogP) is 2.18. The van der Waals surface area contributed by atoms with Crippen LogP contribution in [-0.4, -0.2) is 81.7 Å². The van der Waals surface area contributed by atoms with E-state index < -0.39 is 16.1 Å². The summed E-state index contributed by atoms with van der Waals surface area (Å²) in [5.74, 6) is 1.40. The molecule has 0 aromatic heterocycles. The molecular weight excluding hydrogens is 454 g/mol. The second-order valence-corrected chi connectivity index (χ2v) is 12.6. The molecule has 1 spiro atoms. The summed E-state index contributed by atoms with van der Waals surface area (Å²) in [5.41, 5.74) is 0.777. The van der Waals surface area contributed by atoms with Gasteiger partial charge in [0.15, 0.2) is 0 Å². The molecule has 4 rings (SSSR count). The molecule has 1 amide bonds. The van der Waals surface area contributed by atoms with E-state index in [-0.39, 0.29) is 28.7 Å². The van der Waals surface area contributed by atoms with E-state index in [2.05, 4.69) is 23.5 Å². The zero-order valence-electron chi connectivity index (χ0n) is 20.6. The Balaban J connectivity index is 1.59. The number of sulfonamides is 1. The monoisotopic (exact) mass is 493 g/mol. The summed E-state index contributed by atoms with van der Waals surface area (Å²) in [5, 5.41) is 10.5. The largest absolute Gasteiger partial charge is 0.492 e. The second kappa shape index (κ2) is 10.1. The number of benzene rings is 1. The predicted molar refractivity (Wildman–Crippen MR) is 130 cm³/mol. The molecule has 2 heterocycles. The minimum absolute atomic E-state index is 0.0610. The zero-order chi connectivity index (χ0) is 24.5. The first kappa shape index (κ1) is 25.4. The SMILES string of the molecule is CC(C)c1ccc2c(c1)OCC1(CCN(C(=O)CC3CC3)CC1)CN(C)CC(O)CNS2(=O)=O. The van der Waals surface area contributed by atoms with Crippen molar-refractivity contribution in [1.82, 2.24) is 14.5 Å². The van der Waals surface area contributed by atoms with Gasteiger partial charge in [0, 0.05) is 44.6 Å². The average molecular weight is 494 g/mol. The standard InChI is InChI=1S/C25H39N3O5S/c1-18(2)20-6-7-23-22(13-20)33-17-25(16-27(3)15-21(29)14-26-34(23,31)32)8-10-28(11-9-25)24(30)12-19-4-5-19/h6-7,13,18-19,21,26,29H,4-5,8-12,14-17H2,1-3H3. The first-order valence-electron chi connectivity index (χ1n) is 12.5. The van der Waals surface area contributed by atoms with Crippen LogP contribution >= 0.6 is 0 Å². The summed E-state index contributed by atoms with van der Waals surface area (Å²) in [7, 11) is -1.89.